The molecular weight excluding hydrogens is 294 g/mol. The zero-order chi connectivity index (χ0) is 16.1. The zero-order valence-corrected chi connectivity index (χ0v) is 12.8. The van der Waals surface area contributed by atoms with Gasteiger partial charge in [0.05, 0.1) is 18.9 Å². The number of carbonyl (C=O) groups is 2. The van der Waals surface area contributed by atoms with E-state index in [-0.39, 0.29) is 17.7 Å². The number of rotatable bonds is 4. The molecule has 0 aliphatic heterocycles. The summed E-state index contributed by atoms with van der Waals surface area (Å²) in [5.74, 6) is -0.494. The van der Waals surface area contributed by atoms with Gasteiger partial charge < -0.3 is 15.2 Å². The lowest BCUT2D eigenvalue weighted by Crippen LogP contribution is -2.48. The van der Waals surface area contributed by atoms with Gasteiger partial charge in [-0.3, -0.25) is 9.59 Å². The van der Waals surface area contributed by atoms with Gasteiger partial charge in [-0.25, -0.2) is 0 Å². The van der Waals surface area contributed by atoms with E-state index in [1.807, 2.05) is 6.08 Å². The summed E-state index contributed by atoms with van der Waals surface area (Å²) < 4.78 is 5.16. The molecule has 5 rings (SSSR count). The predicted octanol–water partition coefficient (Wildman–Crippen LogP) is 2.40. The summed E-state index contributed by atoms with van der Waals surface area (Å²) in [6, 6.07) is 7.13. The van der Waals surface area contributed by atoms with Crippen LogP contribution in [0.15, 0.2) is 36.4 Å². The Kier molecular flexibility index (Phi) is 3.18. The number of methoxy groups -OCH3 is 1. The minimum absolute atomic E-state index is 0.00330. The number of allylic oxidation sites excluding steroid dienone is 2. The molecule has 2 N–H and O–H groups in total. The van der Waals surface area contributed by atoms with E-state index in [0.717, 1.165) is 6.42 Å². The third kappa shape index (κ3) is 2.22. The van der Waals surface area contributed by atoms with E-state index in [4.69, 9.17) is 4.74 Å². The number of ether oxygens (including phenoxy) is 1. The average Bonchev–Trinajstić information content (AvgIpc) is 3.36. The van der Waals surface area contributed by atoms with Gasteiger partial charge >= 0.3 is 5.97 Å². The quantitative estimate of drug-likeness (QED) is 0.837. The van der Waals surface area contributed by atoms with E-state index in [0.29, 0.717) is 23.3 Å². The van der Waals surface area contributed by atoms with Crippen LogP contribution >= 0.6 is 0 Å². The summed E-state index contributed by atoms with van der Waals surface area (Å²) in [5.41, 5.74) is 0.635. The van der Waals surface area contributed by atoms with Crippen LogP contribution in [0.4, 0.5) is 5.69 Å². The predicted molar refractivity (Wildman–Crippen MR) is 84.0 cm³/mol. The molecule has 0 aromatic heterocycles. The first-order valence-corrected chi connectivity index (χ1v) is 7.96. The second kappa shape index (κ2) is 5.11. The van der Waals surface area contributed by atoms with Crippen molar-refractivity contribution in [2.45, 2.75) is 6.42 Å². The van der Waals surface area contributed by atoms with Gasteiger partial charge in [-0.2, -0.15) is 0 Å². The van der Waals surface area contributed by atoms with E-state index >= 15 is 0 Å². The normalized spacial score (nSPS) is 36.2. The Labute approximate surface area is 134 Å². The van der Waals surface area contributed by atoms with Gasteiger partial charge in [0.25, 0.3) is 0 Å². The van der Waals surface area contributed by atoms with Crippen molar-refractivity contribution in [1.82, 2.24) is 0 Å². The summed E-state index contributed by atoms with van der Waals surface area (Å²) in [5, 5.41) is 12.5. The highest BCUT2D eigenvalue weighted by molar-refractivity contribution is 5.96. The second-order valence-corrected chi connectivity index (χ2v) is 6.71. The molecule has 4 aliphatic carbocycles. The highest BCUT2D eigenvalue weighted by atomic mass is 16.5. The minimum Gasteiger partial charge on any atom is -0.497 e. The van der Waals surface area contributed by atoms with Crippen molar-refractivity contribution >= 4 is 17.6 Å². The third-order valence-electron chi connectivity index (χ3n) is 5.58. The van der Waals surface area contributed by atoms with Crippen LogP contribution in [-0.4, -0.2) is 24.1 Å². The number of aliphatic carboxylic acids is 1. The van der Waals surface area contributed by atoms with Gasteiger partial charge in [-0.05, 0) is 42.2 Å². The Balaban J connectivity index is 1.59. The lowest BCUT2D eigenvalue weighted by molar-refractivity contribution is -0.152. The van der Waals surface area contributed by atoms with Crippen LogP contribution in [0, 0.1) is 35.5 Å². The molecule has 23 heavy (non-hydrogen) atoms. The Morgan fingerprint density at radius 3 is 2.52 bits per heavy atom. The van der Waals surface area contributed by atoms with Crippen molar-refractivity contribution in [1.29, 1.82) is 0 Å². The molecule has 2 bridgehead atoms. The molecule has 4 aliphatic rings. The van der Waals surface area contributed by atoms with Crippen molar-refractivity contribution in [2.75, 3.05) is 12.4 Å². The third-order valence-corrected chi connectivity index (χ3v) is 5.58. The van der Waals surface area contributed by atoms with Gasteiger partial charge in [0, 0.05) is 11.8 Å². The van der Waals surface area contributed by atoms with Crippen LogP contribution < -0.4 is 10.1 Å². The van der Waals surface area contributed by atoms with Crippen molar-refractivity contribution in [2.24, 2.45) is 35.5 Å². The summed E-state index contributed by atoms with van der Waals surface area (Å²) in [6.07, 6.45) is 5.14. The van der Waals surface area contributed by atoms with Crippen LogP contribution in [0.5, 0.6) is 5.75 Å². The second-order valence-electron chi connectivity index (χ2n) is 6.71. The van der Waals surface area contributed by atoms with Crippen molar-refractivity contribution < 1.29 is 19.4 Å². The van der Waals surface area contributed by atoms with E-state index in [1.165, 1.54) is 0 Å². The van der Waals surface area contributed by atoms with Gasteiger partial charge in [0.2, 0.25) is 5.91 Å². The number of carbonyl (C=O) groups excluding carboxylic acids is 1. The Morgan fingerprint density at radius 1 is 1.17 bits per heavy atom. The number of hydrogen-bond donors (Lipinski definition) is 2. The molecule has 5 heteroatoms. The molecule has 1 aromatic carbocycles. The van der Waals surface area contributed by atoms with E-state index in [9.17, 15) is 14.7 Å². The number of benzene rings is 1. The fourth-order valence-electron chi connectivity index (χ4n) is 4.50. The van der Waals surface area contributed by atoms with Crippen LogP contribution in [-0.2, 0) is 9.59 Å². The Bertz CT molecular complexity index is 698. The lowest BCUT2D eigenvalue weighted by Gasteiger charge is -2.41. The number of fused-ring (bicyclic) bond motifs is 1. The largest absolute Gasteiger partial charge is 0.497 e. The van der Waals surface area contributed by atoms with Gasteiger partial charge in [-0.15, -0.1) is 0 Å². The first kappa shape index (κ1) is 14.3. The molecule has 6 atom stereocenters. The smallest absolute Gasteiger partial charge is 0.307 e. The number of carboxylic acids is 1. The number of hydrogen-bond acceptors (Lipinski definition) is 3. The van der Waals surface area contributed by atoms with Crippen molar-refractivity contribution in [3.05, 3.63) is 36.4 Å². The minimum atomic E-state index is -0.861. The monoisotopic (exact) mass is 313 g/mol. The molecule has 1 amide bonds. The highest BCUT2D eigenvalue weighted by Crippen LogP contribution is 2.63. The van der Waals surface area contributed by atoms with Gasteiger partial charge in [0.1, 0.15) is 5.75 Å². The number of nitrogens with one attached hydrogen (secondary N) is 1. The number of anilines is 1. The first-order valence-electron chi connectivity index (χ1n) is 7.96. The maximum Gasteiger partial charge on any atom is 0.307 e. The van der Waals surface area contributed by atoms with Crippen molar-refractivity contribution in [3.8, 4) is 5.75 Å². The summed E-state index contributed by atoms with van der Waals surface area (Å²) in [4.78, 5) is 24.5. The maximum absolute atomic E-state index is 12.8. The van der Waals surface area contributed by atoms with E-state index < -0.39 is 17.8 Å². The fourth-order valence-corrected chi connectivity index (χ4v) is 4.50. The molecule has 0 radical (unpaired) electrons. The maximum atomic E-state index is 12.8. The molecule has 2 fully saturated rings. The first-order chi connectivity index (χ1) is 11.1. The van der Waals surface area contributed by atoms with Gasteiger partial charge in [-0.1, -0.05) is 18.2 Å². The average molecular weight is 313 g/mol. The summed E-state index contributed by atoms with van der Waals surface area (Å²) in [7, 11) is 1.57. The molecule has 1 aromatic rings. The van der Waals surface area contributed by atoms with Gasteiger partial charge in [0.15, 0.2) is 0 Å². The molecule has 0 spiro atoms. The zero-order valence-electron chi connectivity index (χ0n) is 12.8. The van der Waals surface area contributed by atoms with E-state index in [1.54, 1.807) is 31.4 Å². The van der Waals surface area contributed by atoms with Crippen LogP contribution in [0.1, 0.15) is 6.42 Å². The standard InChI is InChI=1S/C18H19NO4/c1-23-10-4-2-3-9(7-10)19-17(20)15-11-5-6-12(14-8-13(11)14)16(15)18(21)22/h2-7,11-16H,8H2,1H3,(H,19,20)(H,21,22)/t11-,12+,13+,14+,15+,16-/m0/s1. The highest BCUT2D eigenvalue weighted by Gasteiger charge is 2.62. The molecular formula is C18H19NO4. The molecule has 2 saturated carbocycles. The van der Waals surface area contributed by atoms with Crippen LogP contribution in [0.25, 0.3) is 0 Å². The van der Waals surface area contributed by atoms with Crippen molar-refractivity contribution in [3.63, 3.8) is 0 Å². The van der Waals surface area contributed by atoms with E-state index in [2.05, 4.69) is 11.4 Å². The van der Waals surface area contributed by atoms with Crippen LogP contribution in [0.2, 0.25) is 0 Å². The fraction of sp³-hybridized carbons (Fsp3) is 0.444. The summed E-state index contributed by atoms with van der Waals surface area (Å²) in [6.45, 7) is 0. The summed E-state index contributed by atoms with van der Waals surface area (Å²) >= 11 is 0. The Hall–Kier alpha value is -2.30. The molecule has 0 unspecified atom stereocenters. The molecule has 120 valence electrons. The SMILES string of the molecule is COc1cccc(NC(=O)[C@@H]2[C@H]3C=C[C@H]([C@H]4C[C@H]34)[C@@H]2C(=O)O)c1. The molecule has 0 saturated heterocycles. The molecule has 0 heterocycles. The lowest BCUT2D eigenvalue weighted by atomic mass is 9.62. The number of amides is 1. The number of carboxylic acid groups (broad SMARTS) is 1. The van der Waals surface area contributed by atoms with Crippen LogP contribution in [0.3, 0.4) is 0 Å². The molecule has 5 nitrogen and oxygen atoms in total. The topological polar surface area (TPSA) is 75.6 Å². The Morgan fingerprint density at radius 2 is 1.87 bits per heavy atom.